The van der Waals surface area contributed by atoms with Crippen molar-refractivity contribution in [2.45, 2.75) is 32.6 Å². The van der Waals surface area contributed by atoms with Crippen LogP contribution in [0.25, 0.3) is 10.2 Å². The molecular weight excluding hydrogens is 261 g/mol. The first-order chi connectivity index (χ1) is 8.36. The molecule has 0 saturated carbocycles. The lowest BCUT2D eigenvalue weighted by atomic mass is 10.2. The van der Waals surface area contributed by atoms with E-state index in [1.807, 2.05) is 13.8 Å². The van der Waals surface area contributed by atoms with Crippen LogP contribution >= 0.6 is 11.3 Å². The second-order valence-corrected chi connectivity index (χ2v) is 5.44. The zero-order valence-electron chi connectivity index (χ0n) is 10.0. The van der Waals surface area contributed by atoms with Crippen LogP contribution in [-0.4, -0.2) is 11.0 Å². The quantitative estimate of drug-likeness (QED) is 0.920. The van der Waals surface area contributed by atoms with Gasteiger partial charge in [-0.2, -0.15) is 13.2 Å². The number of hydrogen-bond donors (Lipinski definition) is 1. The van der Waals surface area contributed by atoms with Crippen LogP contribution in [-0.2, 0) is 12.7 Å². The molecule has 1 N–H and O–H groups in total. The summed E-state index contributed by atoms with van der Waals surface area (Å²) in [6.45, 7) is 4.60. The first-order valence-corrected chi connectivity index (χ1v) is 6.38. The third kappa shape index (κ3) is 3.00. The van der Waals surface area contributed by atoms with Crippen molar-refractivity contribution in [2.75, 3.05) is 0 Å². The summed E-state index contributed by atoms with van der Waals surface area (Å²) in [5.41, 5.74) is -0.237. The lowest BCUT2D eigenvalue weighted by molar-refractivity contribution is -0.137. The van der Waals surface area contributed by atoms with E-state index < -0.39 is 11.7 Å². The molecule has 0 amide bonds. The molecular formula is C12H13F3N2S. The Morgan fingerprint density at radius 1 is 1.33 bits per heavy atom. The van der Waals surface area contributed by atoms with Crippen LogP contribution in [0.15, 0.2) is 18.2 Å². The van der Waals surface area contributed by atoms with Crippen molar-refractivity contribution in [3.8, 4) is 0 Å². The van der Waals surface area contributed by atoms with Crippen LogP contribution in [0.1, 0.15) is 24.4 Å². The Labute approximate surface area is 107 Å². The number of fused-ring (bicyclic) bond motifs is 1. The van der Waals surface area contributed by atoms with Gasteiger partial charge in [-0.3, -0.25) is 0 Å². The van der Waals surface area contributed by atoms with Gasteiger partial charge in [-0.25, -0.2) is 4.98 Å². The number of rotatable bonds is 3. The molecule has 18 heavy (non-hydrogen) atoms. The smallest absolute Gasteiger partial charge is 0.308 e. The van der Waals surface area contributed by atoms with Crippen molar-refractivity contribution in [1.82, 2.24) is 10.3 Å². The number of alkyl halides is 3. The maximum absolute atomic E-state index is 12.5. The third-order valence-corrected chi connectivity index (χ3v) is 3.46. The van der Waals surface area contributed by atoms with Crippen LogP contribution in [0, 0.1) is 0 Å². The number of benzene rings is 1. The molecule has 2 nitrogen and oxygen atoms in total. The summed E-state index contributed by atoms with van der Waals surface area (Å²) in [7, 11) is 0. The molecule has 98 valence electrons. The van der Waals surface area contributed by atoms with Gasteiger partial charge in [0.2, 0.25) is 0 Å². The standard InChI is InChI=1S/C12H13F3N2S/c1-7(2)16-6-11-17-9-5-8(12(13,14)15)3-4-10(9)18-11/h3-5,7,16H,6H2,1-2H3. The third-order valence-electron chi connectivity index (χ3n) is 2.42. The summed E-state index contributed by atoms with van der Waals surface area (Å²) in [6, 6.07) is 4.00. The highest BCUT2D eigenvalue weighted by molar-refractivity contribution is 7.18. The molecule has 0 aliphatic rings. The van der Waals surface area contributed by atoms with Gasteiger partial charge in [0.15, 0.2) is 0 Å². The van der Waals surface area contributed by atoms with E-state index in [4.69, 9.17) is 0 Å². The second-order valence-electron chi connectivity index (χ2n) is 4.32. The fourth-order valence-electron chi connectivity index (χ4n) is 1.52. The highest BCUT2D eigenvalue weighted by Crippen LogP contribution is 2.32. The minimum atomic E-state index is -4.31. The van der Waals surface area contributed by atoms with E-state index in [1.54, 1.807) is 0 Å². The normalized spacial score (nSPS) is 12.6. The van der Waals surface area contributed by atoms with Crippen LogP contribution in [0.3, 0.4) is 0 Å². The van der Waals surface area contributed by atoms with Crippen molar-refractivity contribution < 1.29 is 13.2 Å². The minimum absolute atomic E-state index is 0.322. The summed E-state index contributed by atoms with van der Waals surface area (Å²) in [4.78, 5) is 4.21. The van der Waals surface area contributed by atoms with Gasteiger partial charge in [0.25, 0.3) is 0 Å². The van der Waals surface area contributed by atoms with Crippen LogP contribution in [0.2, 0.25) is 0 Å². The summed E-state index contributed by atoms with van der Waals surface area (Å²) in [5, 5.41) is 4.00. The molecule has 0 saturated heterocycles. The van der Waals surface area contributed by atoms with Crippen LogP contribution in [0.4, 0.5) is 13.2 Å². The fourth-order valence-corrected chi connectivity index (χ4v) is 2.42. The van der Waals surface area contributed by atoms with Crippen molar-refractivity contribution in [2.24, 2.45) is 0 Å². The van der Waals surface area contributed by atoms with Crippen molar-refractivity contribution in [3.05, 3.63) is 28.8 Å². The lowest BCUT2D eigenvalue weighted by Gasteiger charge is -2.05. The second kappa shape index (κ2) is 4.85. The number of nitrogens with one attached hydrogen (secondary N) is 1. The van der Waals surface area contributed by atoms with Crippen LogP contribution < -0.4 is 5.32 Å². The summed E-state index contributed by atoms with van der Waals surface area (Å²) >= 11 is 1.42. The Morgan fingerprint density at radius 3 is 2.67 bits per heavy atom. The molecule has 1 aromatic carbocycles. The van der Waals surface area contributed by atoms with Gasteiger partial charge in [0, 0.05) is 12.6 Å². The first-order valence-electron chi connectivity index (χ1n) is 5.56. The average molecular weight is 274 g/mol. The largest absolute Gasteiger partial charge is 0.416 e. The Bertz CT molecular complexity index is 546. The minimum Gasteiger partial charge on any atom is -0.308 e. The first kappa shape index (κ1) is 13.3. The van der Waals surface area contributed by atoms with E-state index in [0.717, 1.165) is 21.8 Å². The predicted octanol–water partition coefficient (Wildman–Crippen LogP) is 3.81. The average Bonchev–Trinajstić information content (AvgIpc) is 2.66. The Hall–Kier alpha value is -1.14. The monoisotopic (exact) mass is 274 g/mol. The number of halogens is 3. The molecule has 0 unspecified atom stereocenters. The Kier molecular flexibility index (Phi) is 3.59. The fraction of sp³-hybridized carbons (Fsp3) is 0.417. The molecule has 0 aliphatic carbocycles. The molecule has 2 rings (SSSR count). The maximum atomic E-state index is 12.5. The van der Waals surface area contributed by atoms with Crippen molar-refractivity contribution in [1.29, 1.82) is 0 Å². The zero-order valence-corrected chi connectivity index (χ0v) is 10.8. The molecule has 0 aliphatic heterocycles. The molecule has 0 atom stereocenters. The molecule has 0 radical (unpaired) electrons. The summed E-state index contributed by atoms with van der Waals surface area (Å²) in [5.74, 6) is 0. The molecule has 6 heteroatoms. The van der Waals surface area contributed by atoms with Gasteiger partial charge in [-0.1, -0.05) is 13.8 Å². The van der Waals surface area contributed by atoms with E-state index in [2.05, 4.69) is 10.3 Å². The van der Waals surface area contributed by atoms with E-state index in [-0.39, 0.29) is 0 Å². The lowest BCUT2D eigenvalue weighted by Crippen LogP contribution is -2.21. The number of hydrogen-bond acceptors (Lipinski definition) is 3. The Balaban J connectivity index is 2.28. The molecule has 0 bridgehead atoms. The van der Waals surface area contributed by atoms with E-state index >= 15 is 0 Å². The maximum Gasteiger partial charge on any atom is 0.416 e. The van der Waals surface area contributed by atoms with Gasteiger partial charge in [0.05, 0.1) is 15.8 Å². The van der Waals surface area contributed by atoms with Gasteiger partial charge in [0.1, 0.15) is 5.01 Å². The van der Waals surface area contributed by atoms with Gasteiger partial charge >= 0.3 is 6.18 Å². The molecule has 1 aromatic heterocycles. The predicted molar refractivity (Wildman–Crippen MR) is 66.6 cm³/mol. The molecule has 2 aromatic rings. The zero-order chi connectivity index (χ0) is 13.3. The van der Waals surface area contributed by atoms with Gasteiger partial charge in [-0.05, 0) is 18.2 Å². The van der Waals surface area contributed by atoms with Gasteiger partial charge < -0.3 is 5.32 Å². The number of thiazole rings is 1. The number of nitrogens with zero attached hydrogens (tertiary/aromatic N) is 1. The van der Waals surface area contributed by atoms with Crippen molar-refractivity contribution in [3.63, 3.8) is 0 Å². The highest BCUT2D eigenvalue weighted by Gasteiger charge is 2.30. The van der Waals surface area contributed by atoms with E-state index in [9.17, 15) is 13.2 Å². The highest BCUT2D eigenvalue weighted by atomic mass is 32.1. The summed E-state index contributed by atoms with van der Waals surface area (Å²) < 4.78 is 38.4. The SMILES string of the molecule is CC(C)NCc1nc2cc(C(F)(F)F)ccc2s1. The summed E-state index contributed by atoms with van der Waals surface area (Å²) in [6.07, 6.45) is -4.31. The molecule has 0 spiro atoms. The molecule has 0 fully saturated rings. The van der Waals surface area contributed by atoms with E-state index in [0.29, 0.717) is 18.1 Å². The Morgan fingerprint density at radius 2 is 2.06 bits per heavy atom. The van der Waals surface area contributed by atoms with Crippen molar-refractivity contribution >= 4 is 21.6 Å². The number of aromatic nitrogens is 1. The topological polar surface area (TPSA) is 24.9 Å². The van der Waals surface area contributed by atoms with Crippen LogP contribution in [0.5, 0.6) is 0 Å². The van der Waals surface area contributed by atoms with Gasteiger partial charge in [-0.15, -0.1) is 11.3 Å². The molecule has 1 heterocycles. The van der Waals surface area contributed by atoms with E-state index in [1.165, 1.54) is 17.4 Å².